The Morgan fingerprint density at radius 1 is 1.30 bits per heavy atom. The first-order valence-electron chi connectivity index (χ1n) is 8.52. The van der Waals surface area contributed by atoms with Gasteiger partial charge in [0.2, 0.25) is 5.91 Å². The number of hydrogen-bond donors (Lipinski definition) is 2. The lowest BCUT2D eigenvalue weighted by molar-refractivity contribution is -0.127. The first-order valence-corrected chi connectivity index (χ1v) is 8.52. The third-order valence-electron chi connectivity index (χ3n) is 3.81. The molecule has 1 aromatic rings. The molecule has 0 radical (unpaired) electrons. The molecule has 1 heterocycles. The molecule has 0 spiro atoms. The van der Waals surface area contributed by atoms with Gasteiger partial charge in [0.05, 0.1) is 6.42 Å². The highest BCUT2D eigenvalue weighted by Gasteiger charge is 2.22. The second-order valence-corrected chi connectivity index (χ2v) is 6.14. The zero-order chi connectivity index (χ0) is 19.8. The molecule has 2 rings (SSSR count). The molecule has 1 aliphatic heterocycles. The molecule has 0 fully saturated rings. The number of hydrogen-bond acceptors (Lipinski definition) is 4. The summed E-state index contributed by atoms with van der Waals surface area (Å²) in [5.74, 6) is -2.05. The summed E-state index contributed by atoms with van der Waals surface area (Å²) < 4.78 is 12.9. The van der Waals surface area contributed by atoms with Crippen LogP contribution in [0.2, 0.25) is 0 Å². The lowest BCUT2D eigenvalue weighted by Gasteiger charge is -2.16. The van der Waals surface area contributed by atoms with E-state index >= 15 is 0 Å². The number of allylic oxidation sites excluding steroid dienone is 1. The molecule has 0 bridgehead atoms. The Hall–Kier alpha value is -3.00. The van der Waals surface area contributed by atoms with Crippen LogP contribution in [0, 0.1) is 5.82 Å². The van der Waals surface area contributed by atoms with Gasteiger partial charge in [0.1, 0.15) is 17.6 Å². The Labute approximate surface area is 156 Å². The molecule has 1 aromatic carbocycles. The molecule has 0 aromatic heterocycles. The highest BCUT2D eigenvalue weighted by atomic mass is 19.1. The maximum Gasteiger partial charge on any atom is 0.295 e. The van der Waals surface area contributed by atoms with Crippen molar-refractivity contribution in [3.05, 3.63) is 47.3 Å². The Morgan fingerprint density at radius 3 is 2.67 bits per heavy atom. The van der Waals surface area contributed by atoms with Gasteiger partial charge in [0.15, 0.2) is 0 Å². The van der Waals surface area contributed by atoms with Crippen molar-refractivity contribution in [1.82, 2.24) is 5.32 Å². The van der Waals surface area contributed by atoms with Crippen molar-refractivity contribution in [3.8, 4) is 0 Å². The molecule has 0 saturated carbocycles. The van der Waals surface area contributed by atoms with Gasteiger partial charge in [0, 0.05) is 6.21 Å². The SMILES string of the molecule is CC1=CC(=NC(=O)[C@@H](CCCN)NC(=O)Cc2ccc(F)cc2)C(=O)N=C1. The minimum absolute atomic E-state index is 0.00844. The fourth-order valence-electron chi connectivity index (χ4n) is 2.43. The molecule has 0 unspecified atom stereocenters. The fraction of sp³-hybridized carbons (Fsp3) is 0.316. The van der Waals surface area contributed by atoms with Gasteiger partial charge in [-0.15, -0.1) is 0 Å². The highest BCUT2D eigenvalue weighted by molar-refractivity contribution is 6.48. The molecule has 1 atom stereocenters. The maximum absolute atomic E-state index is 12.9. The number of nitrogens with two attached hydrogens (primary N) is 1. The van der Waals surface area contributed by atoms with Crippen molar-refractivity contribution in [3.63, 3.8) is 0 Å². The normalized spacial score (nSPS) is 16.2. The summed E-state index contributed by atoms with van der Waals surface area (Å²) in [4.78, 5) is 43.9. The zero-order valence-corrected chi connectivity index (χ0v) is 14.9. The molecule has 0 saturated heterocycles. The van der Waals surface area contributed by atoms with Gasteiger partial charge in [-0.1, -0.05) is 12.1 Å². The number of amides is 3. The average Bonchev–Trinajstić information content (AvgIpc) is 2.63. The lowest BCUT2D eigenvalue weighted by Crippen LogP contribution is -2.41. The quantitative estimate of drug-likeness (QED) is 0.746. The van der Waals surface area contributed by atoms with Crippen molar-refractivity contribution in [2.24, 2.45) is 15.7 Å². The Kier molecular flexibility index (Phi) is 7.25. The number of carbonyl (C=O) groups is 3. The predicted molar refractivity (Wildman–Crippen MR) is 100 cm³/mol. The Morgan fingerprint density at radius 2 is 2.00 bits per heavy atom. The van der Waals surface area contributed by atoms with E-state index in [0.29, 0.717) is 30.5 Å². The van der Waals surface area contributed by atoms with E-state index in [1.165, 1.54) is 36.6 Å². The van der Waals surface area contributed by atoms with Crippen LogP contribution >= 0.6 is 0 Å². The van der Waals surface area contributed by atoms with E-state index in [-0.39, 0.29) is 12.1 Å². The lowest BCUT2D eigenvalue weighted by atomic mass is 10.1. The third-order valence-corrected chi connectivity index (χ3v) is 3.81. The van der Waals surface area contributed by atoms with Gasteiger partial charge < -0.3 is 11.1 Å². The van der Waals surface area contributed by atoms with Crippen LogP contribution in [0.5, 0.6) is 0 Å². The van der Waals surface area contributed by atoms with Gasteiger partial charge in [-0.05, 0) is 55.7 Å². The number of nitrogens with one attached hydrogen (secondary N) is 1. The van der Waals surface area contributed by atoms with Crippen molar-refractivity contribution in [2.75, 3.05) is 6.54 Å². The van der Waals surface area contributed by atoms with Crippen molar-refractivity contribution < 1.29 is 18.8 Å². The summed E-state index contributed by atoms with van der Waals surface area (Å²) in [6.45, 7) is 2.07. The van der Waals surface area contributed by atoms with E-state index in [9.17, 15) is 18.8 Å². The summed E-state index contributed by atoms with van der Waals surface area (Å²) in [5, 5.41) is 2.62. The van der Waals surface area contributed by atoms with Crippen LogP contribution < -0.4 is 11.1 Å². The third kappa shape index (κ3) is 6.34. The predicted octanol–water partition coefficient (Wildman–Crippen LogP) is 1.12. The minimum atomic E-state index is -0.901. The Balaban J connectivity index is 2.08. The van der Waals surface area contributed by atoms with Crippen molar-refractivity contribution in [2.45, 2.75) is 32.2 Å². The van der Waals surface area contributed by atoms with Gasteiger partial charge in [-0.25, -0.2) is 14.4 Å². The molecule has 142 valence electrons. The van der Waals surface area contributed by atoms with Crippen LogP contribution in [0.4, 0.5) is 4.39 Å². The largest absolute Gasteiger partial charge is 0.344 e. The first-order chi connectivity index (χ1) is 12.9. The Bertz CT molecular complexity index is 813. The van der Waals surface area contributed by atoms with E-state index in [0.717, 1.165) is 0 Å². The van der Waals surface area contributed by atoms with Gasteiger partial charge in [-0.3, -0.25) is 14.4 Å². The molecule has 1 aliphatic rings. The summed E-state index contributed by atoms with van der Waals surface area (Å²) in [5.41, 5.74) is 6.73. The molecule has 27 heavy (non-hydrogen) atoms. The van der Waals surface area contributed by atoms with E-state index in [2.05, 4.69) is 15.3 Å². The number of dihydropyridines is 1. The summed E-state index contributed by atoms with van der Waals surface area (Å²) in [7, 11) is 0. The van der Waals surface area contributed by atoms with E-state index in [4.69, 9.17) is 5.73 Å². The molecule has 8 heteroatoms. The zero-order valence-electron chi connectivity index (χ0n) is 14.9. The summed E-state index contributed by atoms with van der Waals surface area (Å²) in [6.07, 6.45) is 3.64. The van der Waals surface area contributed by atoms with Crippen LogP contribution in [-0.2, 0) is 20.8 Å². The number of halogens is 1. The molecule has 0 aliphatic carbocycles. The number of benzene rings is 1. The van der Waals surface area contributed by atoms with Crippen molar-refractivity contribution in [1.29, 1.82) is 0 Å². The molecule has 3 amide bonds. The van der Waals surface area contributed by atoms with E-state index < -0.39 is 29.6 Å². The van der Waals surface area contributed by atoms with Crippen LogP contribution in [-0.4, -0.2) is 42.2 Å². The van der Waals surface area contributed by atoms with Crippen LogP contribution in [0.1, 0.15) is 25.3 Å². The topological polar surface area (TPSA) is 114 Å². The molecule has 3 N–H and O–H groups in total. The van der Waals surface area contributed by atoms with Crippen LogP contribution in [0.3, 0.4) is 0 Å². The number of carbonyl (C=O) groups excluding carboxylic acids is 3. The molecular weight excluding hydrogens is 351 g/mol. The number of rotatable bonds is 7. The standard InChI is InChI=1S/C19H21FN4O3/c1-12-9-16(18(26)22-11-12)24-19(27)15(3-2-8-21)23-17(25)10-13-4-6-14(20)7-5-13/h4-7,9,11,15H,2-3,8,10,21H2,1H3,(H,23,25)/t15-/m1/s1. The fourth-order valence-corrected chi connectivity index (χ4v) is 2.43. The maximum atomic E-state index is 12.9. The van der Waals surface area contributed by atoms with Crippen molar-refractivity contribution >= 4 is 29.6 Å². The second kappa shape index (κ2) is 9.63. The van der Waals surface area contributed by atoms with Crippen LogP contribution in [0.15, 0.2) is 45.9 Å². The number of nitrogens with zero attached hydrogens (tertiary/aromatic N) is 2. The average molecular weight is 372 g/mol. The minimum Gasteiger partial charge on any atom is -0.344 e. The van der Waals surface area contributed by atoms with E-state index in [1.807, 2.05) is 0 Å². The summed E-state index contributed by atoms with van der Waals surface area (Å²) >= 11 is 0. The van der Waals surface area contributed by atoms with Crippen LogP contribution in [0.25, 0.3) is 0 Å². The second-order valence-electron chi connectivity index (χ2n) is 6.14. The monoisotopic (exact) mass is 372 g/mol. The van der Waals surface area contributed by atoms with Gasteiger partial charge >= 0.3 is 0 Å². The smallest absolute Gasteiger partial charge is 0.295 e. The molecule has 7 nitrogen and oxygen atoms in total. The number of aliphatic imine (C=N–C) groups is 2. The van der Waals surface area contributed by atoms with Gasteiger partial charge in [0.25, 0.3) is 11.8 Å². The molecular formula is C19H21FN4O3. The highest BCUT2D eigenvalue weighted by Crippen LogP contribution is 2.07. The van der Waals surface area contributed by atoms with Gasteiger partial charge in [-0.2, -0.15) is 0 Å². The summed E-state index contributed by atoms with van der Waals surface area (Å²) in [6, 6.07) is 4.61. The first kappa shape index (κ1) is 20.3. The van der Waals surface area contributed by atoms with E-state index in [1.54, 1.807) is 6.92 Å².